The van der Waals surface area contributed by atoms with Crippen molar-refractivity contribution in [3.63, 3.8) is 0 Å². The number of rotatable bonds is 0. The Balaban J connectivity index is 2.75. The first-order valence-electron chi connectivity index (χ1n) is 2.80. The van der Waals surface area contributed by atoms with Crippen LogP contribution in [0.1, 0.15) is 19.3 Å². The summed E-state index contributed by atoms with van der Waals surface area (Å²) >= 11 is 0. The molecule has 0 atom stereocenters. The summed E-state index contributed by atoms with van der Waals surface area (Å²) in [6.07, 6.45) is 2.35. The van der Waals surface area contributed by atoms with E-state index in [1.54, 1.807) is 0 Å². The molecule has 1 saturated carbocycles. The molecule has 0 saturated heterocycles. The van der Waals surface area contributed by atoms with Crippen molar-refractivity contribution in [1.82, 2.24) is 0 Å². The van der Waals surface area contributed by atoms with Crippen molar-refractivity contribution >= 4 is 11.4 Å². The fraction of sp³-hybridized carbons (Fsp3) is 0.600. The summed E-state index contributed by atoms with van der Waals surface area (Å²) in [6, 6.07) is 0. The highest BCUT2D eigenvalue weighted by Crippen LogP contribution is 2.11. The molecule has 0 aromatic heterocycles. The number of hydrogen-bond donors (Lipinski definition) is 2. The van der Waals surface area contributed by atoms with Gasteiger partial charge in [0.1, 0.15) is 11.4 Å². The van der Waals surface area contributed by atoms with Crippen LogP contribution in [-0.4, -0.2) is 21.8 Å². The Hall–Kier alpha value is -1.06. The van der Waals surface area contributed by atoms with Crippen LogP contribution in [0.2, 0.25) is 0 Å². The molecule has 1 aliphatic carbocycles. The predicted molar refractivity (Wildman–Crippen MR) is 32.3 cm³/mol. The van der Waals surface area contributed by atoms with Crippen molar-refractivity contribution < 1.29 is 10.4 Å². The van der Waals surface area contributed by atoms with Crippen molar-refractivity contribution in [1.29, 1.82) is 0 Å². The maximum absolute atomic E-state index is 8.26. The van der Waals surface area contributed by atoms with E-state index in [0.29, 0.717) is 11.4 Å². The van der Waals surface area contributed by atoms with E-state index in [-0.39, 0.29) is 0 Å². The van der Waals surface area contributed by atoms with Crippen molar-refractivity contribution in [2.75, 3.05) is 0 Å². The molecule has 1 fully saturated rings. The second kappa shape index (κ2) is 2.48. The van der Waals surface area contributed by atoms with E-state index in [1.165, 1.54) is 0 Å². The van der Waals surface area contributed by atoms with Crippen LogP contribution in [0, 0.1) is 0 Å². The highest BCUT2D eigenvalue weighted by Gasteiger charge is 2.17. The minimum absolute atomic E-state index is 0.512. The first kappa shape index (κ1) is 6.07. The molecule has 0 unspecified atom stereocenters. The van der Waals surface area contributed by atoms with Crippen molar-refractivity contribution in [2.45, 2.75) is 19.3 Å². The van der Waals surface area contributed by atoms with Gasteiger partial charge in [0.2, 0.25) is 0 Å². The van der Waals surface area contributed by atoms with Crippen LogP contribution in [-0.2, 0) is 0 Å². The van der Waals surface area contributed by atoms with E-state index in [2.05, 4.69) is 10.3 Å². The van der Waals surface area contributed by atoms with Gasteiger partial charge in [-0.05, 0) is 19.3 Å². The van der Waals surface area contributed by atoms with Gasteiger partial charge in [0.25, 0.3) is 0 Å². The van der Waals surface area contributed by atoms with Gasteiger partial charge in [-0.2, -0.15) is 0 Å². The van der Waals surface area contributed by atoms with Crippen molar-refractivity contribution in [2.24, 2.45) is 10.3 Å². The fourth-order valence-corrected chi connectivity index (χ4v) is 0.927. The van der Waals surface area contributed by atoms with Gasteiger partial charge >= 0.3 is 0 Å². The van der Waals surface area contributed by atoms with Gasteiger partial charge in [-0.3, -0.25) is 0 Å². The van der Waals surface area contributed by atoms with E-state index >= 15 is 0 Å². The molecule has 50 valence electrons. The average Bonchev–Trinajstić information content (AvgIpc) is 2.33. The fourth-order valence-electron chi connectivity index (χ4n) is 0.927. The lowest BCUT2D eigenvalue weighted by atomic mass is 10.3. The van der Waals surface area contributed by atoms with Crippen LogP contribution in [0.4, 0.5) is 0 Å². The second-order valence-corrected chi connectivity index (χ2v) is 1.95. The van der Waals surface area contributed by atoms with Gasteiger partial charge in [-0.1, -0.05) is 10.3 Å². The zero-order chi connectivity index (χ0) is 6.69. The highest BCUT2D eigenvalue weighted by molar-refractivity contribution is 6.43. The molecule has 2 N–H and O–H groups in total. The standard InChI is InChI=1S/C5H8N2O2/c8-6-4-2-1-3-5(4)7-9/h8-9H,1-3H2/b6-4+,7-5+. The van der Waals surface area contributed by atoms with Crippen molar-refractivity contribution in [3.8, 4) is 0 Å². The molecule has 0 bridgehead atoms. The third-order valence-electron chi connectivity index (χ3n) is 1.40. The maximum Gasteiger partial charge on any atom is 0.104 e. The summed E-state index contributed by atoms with van der Waals surface area (Å²) in [6.45, 7) is 0. The Morgan fingerprint density at radius 2 is 1.44 bits per heavy atom. The van der Waals surface area contributed by atoms with Crippen LogP contribution in [0.5, 0.6) is 0 Å². The summed E-state index contributed by atoms with van der Waals surface area (Å²) < 4.78 is 0. The lowest BCUT2D eigenvalue weighted by molar-refractivity contribution is 0.313. The highest BCUT2D eigenvalue weighted by atomic mass is 16.4. The normalized spacial score (nSPS) is 28.0. The monoisotopic (exact) mass is 128 g/mol. The van der Waals surface area contributed by atoms with Gasteiger partial charge < -0.3 is 10.4 Å². The largest absolute Gasteiger partial charge is 0.411 e. The first-order chi connectivity index (χ1) is 4.38. The van der Waals surface area contributed by atoms with Gasteiger partial charge in [0.05, 0.1) is 0 Å². The summed E-state index contributed by atoms with van der Waals surface area (Å²) in [5, 5.41) is 22.5. The molecule has 9 heavy (non-hydrogen) atoms. The minimum Gasteiger partial charge on any atom is -0.411 e. The zero-order valence-electron chi connectivity index (χ0n) is 4.91. The Morgan fingerprint density at radius 3 is 1.78 bits per heavy atom. The third kappa shape index (κ3) is 1.01. The Bertz CT molecular complexity index is 144. The van der Waals surface area contributed by atoms with E-state index < -0.39 is 0 Å². The topological polar surface area (TPSA) is 65.2 Å². The number of nitrogens with zero attached hydrogens (tertiary/aromatic N) is 2. The molecule has 1 aliphatic rings. The van der Waals surface area contributed by atoms with Crippen LogP contribution >= 0.6 is 0 Å². The Kier molecular flexibility index (Phi) is 1.67. The molecule has 0 aromatic carbocycles. The minimum atomic E-state index is 0.512. The summed E-state index contributed by atoms with van der Waals surface area (Å²) in [5.41, 5.74) is 1.02. The van der Waals surface area contributed by atoms with E-state index in [0.717, 1.165) is 19.3 Å². The van der Waals surface area contributed by atoms with Crippen LogP contribution < -0.4 is 0 Å². The van der Waals surface area contributed by atoms with E-state index in [1.807, 2.05) is 0 Å². The summed E-state index contributed by atoms with van der Waals surface area (Å²) in [5.74, 6) is 0. The van der Waals surface area contributed by atoms with E-state index in [9.17, 15) is 0 Å². The number of oxime groups is 2. The SMILES string of the molecule is O/N=C1\CCC\C1=N/O. The second-order valence-electron chi connectivity index (χ2n) is 1.95. The zero-order valence-corrected chi connectivity index (χ0v) is 4.91. The lowest BCUT2D eigenvalue weighted by Crippen LogP contribution is -2.04. The lowest BCUT2D eigenvalue weighted by Gasteiger charge is -1.88. The molecular formula is C5H8N2O2. The molecule has 1 rings (SSSR count). The summed E-state index contributed by atoms with van der Waals surface area (Å²) in [4.78, 5) is 0. The maximum atomic E-state index is 8.26. The average molecular weight is 128 g/mol. The molecule has 4 nitrogen and oxygen atoms in total. The molecule has 0 radical (unpaired) electrons. The molecule has 4 heteroatoms. The quantitative estimate of drug-likeness (QED) is 0.375. The molecular weight excluding hydrogens is 120 g/mol. The van der Waals surface area contributed by atoms with Gasteiger partial charge in [0.15, 0.2) is 0 Å². The predicted octanol–water partition coefficient (Wildman–Crippen LogP) is 0.831. The van der Waals surface area contributed by atoms with Crippen LogP contribution in [0.3, 0.4) is 0 Å². The molecule has 0 amide bonds. The molecule has 0 aliphatic heterocycles. The van der Waals surface area contributed by atoms with Gasteiger partial charge in [-0.25, -0.2) is 0 Å². The number of hydrogen-bond acceptors (Lipinski definition) is 4. The molecule has 0 heterocycles. The molecule has 0 spiro atoms. The smallest absolute Gasteiger partial charge is 0.104 e. The van der Waals surface area contributed by atoms with Gasteiger partial charge in [-0.15, -0.1) is 0 Å². The Labute approximate surface area is 52.5 Å². The van der Waals surface area contributed by atoms with Crippen LogP contribution in [0.15, 0.2) is 10.3 Å². The van der Waals surface area contributed by atoms with E-state index in [4.69, 9.17) is 10.4 Å². The van der Waals surface area contributed by atoms with Crippen molar-refractivity contribution in [3.05, 3.63) is 0 Å². The third-order valence-corrected chi connectivity index (χ3v) is 1.40. The summed E-state index contributed by atoms with van der Waals surface area (Å²) in [7, 11) is 0. The van der Waals surface area contributed by atoms with Gasteiger partial charge in [0, 0.05) is 0 Å². The molecule has 0 aromatic rings. The van der Waals surface area contributed by atoms with Crippen LogP contribution in [0.25, 0.3) is 0 Å². The first-order valence-corrected chi connectivity index (χ1v) is 2.80. The Morgan fingerprint density at radius 1 is 1.00 bits per heavy atom.